The lowest BCUT2D eigenvalue weighted by molar-refractivity contribution is -0.149. The summed E-state index contributed by atoms with van der Waals surface area (Å²) in [7, 11) is 1.79. The van der Waals surface area contributed by atoms with E-state index >= 15 is 0 Å². The van der Waals surface area contributed by atoms with Crippen LogP contribution in [0.1, 0.15) is 26.2 Å². The number of ether oxygens (including phenoxy) is 1. The van der Waals surface area contributed by atoms with Crippen molar-refractivity contribution in [2.75, 3.05) is 45.2 Å². The van der Waals surface area contributed by atoms with Crippen molar-refractivity contribution in [2.45, 2.75) is 26.2 Å². The summed E-state index contributed by atoms with van der Waals surface area (Å²) in [6, 6.07) is 10.2. The Labute approximate surface area is 150 Å². The molecule has 0 amide bonds. The lowest BCUT2D eigenvalue weighted by Gasteiger charge is -2.34. The van der Waals surface area contributed by atoms with Crippen LogP contribution in [-0.4, -0.2) is 56.7 Å². The van der Waals surface area contributed by atoms with E-state index < -0.39 is 0 Å². The molecule has 0 bridgehead atoms. The monoisotopic (exact) mass is 346 g/mol. The summed E-state index contributed by atoms with van der Waals surface area (Å²) in [6.45, 7) is 5.64. The van der Waals surface area contributed by atoms with Crippen LogP contribution in [0.3, 0.4) is 0 Å². The van der Waals surface area contributed by atoms with Crippen LogP contribution in [0.4, 0.5) is 5.69 Å². The first-order chi connectivity index (χ1) is 12.2. The first kappa shape index (κ1) is 19.1. The Hall–Kier alpha value is -2.24. The Morgan fingerprint density at radius 3 is 2.84 bits per heavy atom. The lowest BCUT2D eigenvalue weighted by atomic mass is 9.98. The van der Waals surface area contributed by atoms with Crippen molar-refractivity contribution in [3.05, 3.63) is 30.3 Å². The van der Waals surface area contributed by atoms with E-state index in [-0.39, 0.29) is 11.9 Å². The van der Waals surface area contributed by atoms with E-state index in [0.717, 1.165) is 50.5 Å². The molecular formula is C19H30N4O2. The average Bonchev–Trinajstić information content (AvgIpc) is 2.66. The Bertz CT molecular complexity index is 548. The standard InChI is InChI=1S/C19H30N4O2/c1-3-25-18(24)16-9-7-14-23(15-16)19(20-2)22-13-8-12-21-17-10-5-4-6-11-17/h4-6,10-11,16,21H,3,7-9,12-15H2,1-2H3,(H,20,22). The van der Waals surface area contributed by atoms with Gasteiger partial charge in [0.2, 0.25) is 0 Å². The summed E-state index contributed by atoms with van der Waals surface area (Å²) in [4.78, 5) is 18.5. The van der Waals surface area contributed by atoms with Crippen LogP contribution >= 0.6 is 0 Å². The summed E-state index contributed by atoms with van der Waals surface area (Å²) < 4.78 is 5.16. The lowest BCUT2D eigenvalue weighted by Crippen LogP contribution is -2.48. The number of rotatable bonds is 7. The SMILES string of the molecule is CCOC(=O)C1CCCN(C(=NC)NCCCNc2ccccc2)C1. The molecule has 0 aliphatic carbocycles. The largest absolute Gasteiger partial charge is 0.466 e. The van der Waals surface area contributed by atoms with Crippen molar-refractivity contribution >= 4 is 17.6 Å². The van der Waals surface area contributed by atoms with Crippen LogP contribution in [0.5, 0.6) is 0 Å². The van der Waals surface area contributed by atoms with Gasteiger partial charge < -0.3 is 20.3 Å². The van der Waals surface area contributed by atoms with Crippen molar-refractivity contribution in [1.82, 2.24) is 10.2 Å². The highest BCUT2D eigenvalue weighted by molar-refractivity contribution is 5.81. The van der Waals surface area contributed by atoms with Crippen molar-refractivity contribution in [3.8, 4) is 0 Å². The summed E-state index contributed by atoms with van der Waals surface area (Å²) >= 11 is 0. The number of likely N-dealkylation sites (tertiary alicyclic amines) is 1. The number of aliphatic imine (C=N–C) groups is 1. The van der Waals surface area contributed by atoms with E-state index in [9.17, 15) is 4.79 Å². The predicted octanol–water partition coefficient (Wildman–Crippen LogP) is 2.34. The van der Waals surface area contributed by atoms with Gasteiger partial charge in [-0.05, 0) is 38.3 Å². The quantitative estimate of drug-likeness (QED) is 0.343. The first-order valence-electron chi connectivity index (χ1n) is 9.15. The average molecular weight is 346 g/mol. The van der Waals surface area contributed by atoms with Gasteiger partial charge in [-0.3, -0.25) is 9.79 Å². The second kappa shape index (κ2) is 10.6. The van der Waals surface area contributed by atoms with E-state index in [1.54, 1.807) is 7.05 Å². The molecule has 1 aromatic carbocycles. The Morgan fingerprint density at radius 2 is 2.12 bits per heavy atom. The molecule has 1 unspecified atom stereocenters. The number of guanidine groups is 1. The summed E-state index contributed by atoms with van der Waals surface area (Å²) in [5.41, 5.74) is 1.14. The van der Waals surface area contributed by atoms with Crippen molar-refractivity contribution in [2.24, 2.45) is 10.9 Å². The van der Waals surface area contributed by atoms with Gasteiger partial charge in [0.1, 0.15) is 0 Å². The molecule has 1 atom stereocenters. The predicted molar refractivity (Wildman–Crippen MR) is 102 cm³/mol. The Morgan fingerprint density at radius 1 is 1.32 bits per heavy atom. The normalized spacial score (nSPS) is 17.9. The van der Waals surface area contributed by atoms with Gasteiger partial charge >= 0.3 is 5.97 Å². The van der Waals surface area contributed by atoms with Gasteiger partial charge in [-0.25, -0.2) is 0 Å². The summed E-state index contributed by atoms with van der Waals surface area (Å²) in [5.74, 6) is 0.732. The van der Waals surface area contributed by atoms with E-state index in [4.69, 9.17) is 4.74 Å². The zero-order valence-corrected chi connectivity index (χ0v) is 15.3. The molecule has 6 heteroatoms. The van der Waals surface area contributed by atoms with Gasteiger partial charge in [0, 0.05) is 38.9 Å². The molecule has 6 nitrogen and oxygen atoms in total. The molecule has 1 heterocycles. The first-order valence-corrected chi connectivity index (χ1v) is 9.15. The minimum absolute atomic E-state index is 0.0491. The number of carbonyl (C=O) groups excluding carboxylic acids is 1. The number of carbonyl (C=O) groups is 1. The number of nitrogens with one attached hydrogen (secondary N) is 2. The maximum absolute atomic E-state index is 12.0. The van der Waals surface area contributed by atoms with Crippen molar-refractivity contribution in [1.29, 1.82) is 0 Å². The number of para-hydroxylation sites is 1. The summed E-state index contributed by atoms with van der Waals surface area (Å²) in [6.07, 6.45) is 2.87. The van der Waals surface area contributed by atoms with Crippen LogP contribution in [0, 0.1) is 5.92 Å². The fourth-order valence-corrected chi connectivity index (χ4v) is 3.03. The maximum Gasteiger partial charge on any atom is 0.310 e. The molecule has 25 heavy (non-hydrogen) atoms. The van der Waals surface area contributed by atoms with E-state index in [2.05, 4.69) is 32.7 Å². The van der Waals surface area contributed by atoms with E-state index in [1.165, 1.54) is 0 Å². The molecule has 1 fully saturated rings. The number of anilines is 1. The minimum Gasteiger partial charge on any atom is -0.466 e. The van der Waals surface area contributed by atoms with Crippen molar-refractivity contribution < 1.29 is 9.53 Å². The van der Waals surface area contributed by atoms with Crippen molar-refractivity contribution in [3.63, 3.8) is 0 Å². The highest BCUT2D eigenvalue weighted by Crippen LogP contribution is 2.18. The molecule has 0 spiro atoms. The second-order valence-electron chi connectivity index (χ2n) is 6.16. The molecular weight excluding hydrogens is 316 g/mol. The molecule has 0 saturated carbocycles. The van der Waals surface area contributed by atoms with E-state index in [1.807, 2.05) is 25.1 Å². The van der Waals surface area contributed by atoms with Crippen LogP contribution in [-0.2, 0) is 9.53 Å². The van der Waals surface area contributed by atoms with Gasteiger partial charge in [0.15, 0.2) is 5.96 Å². The third kappa shape index (κ3) is 6.29. The molecule has 2 N–H and O–H groups in total. The molecule has 2 rings (SSSR count). The number of esters is 1. The highest BCUT2D eigenvalue weighted by Gasteiger charge is 2.28. The molecule has 1 aromatic rings. The van der Waals surface area contributed by atoms with Gasteiger partial charge in [0.25, 0.3) is 0 Å². The van der Waals surface area contributed by atoms with Crippen LogP contribution in [0.15, 0.2) is 35.3 Å². The van der Waals surface area contributed by atoms with Gasteiger partial charge in [0.05, 0.1) is 12.5 Å². The molecule has 0 radical (unpaired) electrons. The molecule has 1 saturated heterocycles. The van der Waals surface area contributed by atoms with Gasteiger partial charge in [-0.2, -0.15) is 0 Å². The number of piperidine rings is 1. The van der Waals surface area contributed by atoms with Crippen LogP contribution < -0.4 is 10.6 Å². The zero-order chi connectivity index (χ0) is 17.9. The minimum atomic E-state index is -0.0882. The molecule has 1 aliphatic heterocycles. The third-order valence-corrected chi connectivity index (χ3v) is 4.29. The summed E-state index contributed by atoms with van der Waals surface area (Å²) in [5, 5.41) is 6.80. The maximum atomic E-state index is 12.0. The second-order valence-corrected chi connectivity index (χ2v) is 6.16. The Kier molecular flexibility index (Phi) is 8.09. The third-order valence-electron chi connectivity index (χ3n) is 4.29. The van der Waals surface area contributed by atoms with Crippen LogP contribution in [0.25, 0.3) is 0 Å². The topological polar surface area (TPSA) is 66.0 Å². The fraction of sp³-hybridized carbons (Fsp3) is 0.579. The number of nitrogens with zero attached hydrogens (tertiary/aromatic N) is 2. The smallest absolute Gasteiger partial charge is 0.310 e. The fourth-order valence-electron chi connectivity index (χ4n) is 3.03. The van der Waals surface area contributed by atoms with Gasteiger partial charge in [-0.1, -0.05) is 18.2 Å². The van der Waals surface area contributed by atoms with Gasteiger partial charge in [-0.15, -0.1) is 0 Å². The van der Waals surface area contributed by atoms with E-state index in [0.29, 0.717) is 13.2 Å². The molecule has 138 valence electrons. The number of hydrogen-bond donors (Lipinski definition) is 2. The number of hydrogen-bond acceptors (Lipinski definition) is 4. The Balaban J connectivity index is 1.71. The van der Waals surface area contributed by atoms with Crippen LogP contribution in [0.2, 0.25) is 0 Å². The number of benzene rings is 1. The molecule has 0 aromatic heterocycles. The highest BCUT2D eigenvalue weighted by atomic mass is 16.5. The molecule has 1 aliphatic rings. The zero-order valence-electron chi connectivity index (χ0n) is 15.3.